The van der Waals surface area contributed by atoms with Gasteiger partial charge in [0, 0.05) is 17.1 Å². The molecule has 104 valence electrons. The molecule has 1 heterocycles. The van der Waals surface area contributed by atoms with Crippen molar-refractivity contribution in [3.05, 3.63) is 45.6 Å². The van der Waals surface area contributed by atoms with Gasteiger partial charge in [-0.1, -0.05) is 15.9 Å². The second-order valence-electron chi connectivity index (χ2n) is 4.14. The third-order valence-electron chi connectivity index (χ3n) is 2.51. The van der Waals surface area contributed by atoms with Gasteiger partial charge >= 0.3 is 5.97 Å². The molecule has 0 bridgehead atoms. The monoisotopic (exact) mass is 338 g/mol. The van der Waals surface area contributed by atoms with Crippen LogP contribution in [0.15, 0.2) is 27.1 Å². The number of aryl methyl sites for hydroxylation is 2. The number of amides is 1. The molecule has 20 heavy (non-hydrogen) atoms. The molecule has 0 fully saturated rings. The standard InChI is InChI=1S/C13H11BrN2O4/c1-6-11(20-7(2)15-6)12(17)16-10-4-8(13(18)19)3-9(14)5-10/h3-5H,1-2H3,(H,16,17)(H,18,19). The SMILES string of the molecule is Cc1nc(C)c(C(=O)Nc2cc(Br)cc(C(=O)O)c2)o1. The summed E-state index contributed by atoms with van der Waals surface area (Å²) in [7, 11) is 0. The van der Waals surface area contributed by atoms with E-state index in [0.29, 0.717) is 21.7 Å². The molecule has 6 nitrogen and oxygen atoms in total. The smallest absolute Gasteiger partial charge is 0.335 e. The van der Waals surface area contributed by atoms with Gasteiger partial charge in [-0.25, -0.2) is 9.78 Å². The number of hydrogen-bond donors (Lipinski definition) is 2. The Morgan fingerprint density at radius 2 is 2.00 bits per heavy atom. The summed E-state index contributed by atoms with van der Waals surface area (Å²) in [6.45, 7) is 3.31. The van der Waals surface area contributed by atoms with Crippen molar-refractivity contribution in [3.63, 3.8) is 0 Å². The summed E-state index contributed by atoms with van der Waals surface area (Å²) >= 11 is 3.20. The molecule has 0 aliphatic rings. The van der Waals surface area contributed by atoms with Crippen LogP contribution >= 0.6 is 15.9 Å². The Morgan fingerprint density at radius 3 is 2.55 bits per heavy atom. The number of oxazole rings is 1. The van der Waals surface area contributed by atoms with E-state index in [4.69, 9.17) is 9.52 Å². The van der Waals surface area contributed by atoms with E-state index < -0.39 is 11.9 Å². The fourth-order valence-corrected chi connectivity index (χ4v) is 2.21. The number of carbonyl (C=O) groups is 2. The zero-order valence-corrected chi connectivity index (χ0v) is 12.3. The van der Waals surface area contributed by atoms with Crippen molar-refractivity contribution < 1.29 is 19.1 Å². The van der Waals surface area contributed by atoms with Gasteiger partial charge in [0.2, 0.25) is 5.76 Å². The largest absolute Gasteiger partial charge is 0.478 e. The average Bonchev–Trinajstić information content (AvgIpc) is 2.67. The first-order chi connectivity index (χ1) is 9.36. The highest BCUT2D eigenvalue weighted by Crippen LogP contribution is 2.21. The topological polar surface area (TPSA) is 92.4 Å². The molecular formula is C13H11BrN2O4. The Bertz CT molecular complexity index is 694. The van der Waals surface area contributed by atoms with E-state index in [-0.39, 0.29) is 11.3 Å². The zero-order chi connectivity index (χ0) is 14.9. The Hall–Kier alpha value is -2.15. The van der Waals surface area contributed by atoms with Gasteiger partial charge in [0.05, 0.1) is 11.3 Å². The first-order valence-corrected chi connectivity index (χ1v) is 6.45. The van der Waals surface area contributed by atoms with E-state index in [2.05, 4.69) is 26.2 Å². The Labute approximate surface area is 122 Å². The molecule has 0 unspecified atom stereocenters. The van der Waals surface area contributed by atoms with Crippen LogP contribution in [0.4, 0.5) is 5.69 Å². The van der Waals surface area contributed by atoms with Gasteiger partial charge in [0.25, 0.3) is 5.91 Å². The number of halogens is 1. The van der Waals surface area contributed by atoms with Crippen molar-refractivity contribution in [1.29, 1.82) is 0 Å². The minimum Gasteiger partial charge on any atom is -0.478 e. The van der Waals surface area contributed by atoms with E-state index in [0.717, 1.165) is 0 Å². The third-order valence-corrected chi connectivity index (χ3v) is 2.97. The van der Waals surface area contributed by atoms with E-state index in [9.17, 15) is 9.59 Å². The number of nitrogens with one attached hydrogen (secondary N) is 1. The summed E-state index contributed by atoms with van der Waals surface area (Å²) in [5, 5.41) is 11.6. The van der Waals surface area contributed by atoms with Crippen molar-refractivity contribution in [1.82, 2.24) is 4.98 Å². The number of carboxylic acids is 1. The third kappa shape index (κ3) is 3.05. The maximum absolute atomic E-state index is 12.0. The second kappa shape index (κ2) is 5.46. The summed E-state index contributed by atoms with van der Waals surface area (Å²) in [6, 6.07) is 4.41. The molecule has 1 aromatic heterocycles. The summed E-state index contributed by atoms with van der Waals surface area (Å²) in [6.07, 6.45) is 0. The number of anilines is 1. The predicted octanol–water partition coefficient (Wildman–Crippen LogP) is 3.00. The van der Waals surface area contributed by atoms with E-state index >= 15 is 0 Å². The Kier molecular flexibility index (Phi) is 3.89. The number of carboxylic acid groups (broad SMARTS) is 1. The van der Waals surface area contributed by atoms with Crippen molar-refractivity contribution >= 4 is 33.5 Å². The van der Waals surface area contributed by atoms with Crippen LogP contribution in [0.25, 0.3) is 0 Å². The lowest BCUT2D eigenvalue weighted by Gasteiger charge is -2.06. The molecule has 2 aromatic rings. The molecule has 2 rings (SSSR count). The molecule has 0 saturated heterocycles. The fraction of sp³-hybridized carbons (Fsp3) is 0.154. The quantitative estimate of drug-likeness (QED) is 0.897. The molecule has 0 saturated carbocycles. The predicted molar refractivity (Wildman–Crippen MR) is 75.0 cm³/mol. The van der Waals surface area contributed by atoms with E-state index in [1.807, 2.05) is 0 Å². The van der Waals surface area contributed by atoms with Crippen LogP contribution in [0.5, 0.6) is 0 Å². The lowest BCUT2D eigenvalue weighted by Crippen LogP contribution is -2.13. The van der Waals surface area contributed by atoms with Crippen molar-refractivity contribution in [2.45, 2.75) is 13.8 Å². The molecule has 0 atom stereocenters. The van der Waals surface area contributed by atoms with Crippen LogP contribution in [0.1, 0.15) is 32.5 Å². The highest BCUT2D eigenvalue weighted by Gasteiger charge is 2.17. The van der Waals surface area contributed by atoms with Gasteiger partial charge in [-0.15, -0.1) is 0 Å². The number of rotatable bonds is 3. The Balaban J connectivity index is 2.28. The molecule has 1 aromatic carbocycles. The van der Waals surface area contributed by atoms with Gasteiger partial charge in [-0.05, 0) is 25.1 Å². The molecule has 2 N–H and O–H groups in total. The highest BCUT2D eigenvalue weighted by molar-refractivity contribution is 9.10. The van der Waals surface area contributed by atoms with Gasteiger partial charge in [0.1, 0.15) is 0 Å². The van der Waals surface area contributed by atoms with Gasteiger partial charge < -0.3 is 14.8 Å². The van der Waals surface area contributed by atoms with Crippen LogP contribution in [-0.2, 0) is 0 Å². The van der Waals surface area contributed by atoms with Gasteiger partial charge in [0.15, 0.2) is 5.89 Å². The van der Waals surface area contributed by atoms with Crippen LogP contribution in [0.2, 0.25) is 0 Å². The number of hydrogen-bond acceptors (Lipinski definition) is 4. The van der Waals surface area contributed by atoms with Crippen molar-refractivity contribution in [2.24, 2.45) is 0 Å². The summed E-state index contributed by atoms with van der Waals surface area (Å²) in [5.74, 6) is -1.04. The molecule has 0 aliphatic heterocycles. The minimum absolute atomic E-state index is 0.0696. The highest BCUT2D eigenvalue weighted by atomic mass is 79.9. The normalized spacial score (nSPS) is 10.3. The second-order valence-corrected chi connectivity index (χ2v) is 5.05. The Morgan fingerprint density at radius 1 is 1.30 bits per heavy atom. The summed E-state index contributed by atoms with van der Waals surface area (Å²) in [5.41, 5.74) is 0.906. The summed E-state index contributed by atoms with van der Waals surface area (Å²) < 4.78 is 5.76. The zero-order valence-electron chi connectivity index (χ0n) is 10.7. The molecular weight excluding hydrogens is 328 g/mol. The number of aromatic carboxylic acids is 1. The van der Waals surface area contributed by atoms with Crippen LogP contribution < -0.4 is 5.32 Å². The average molecular weight is 339 g/mol. The minimum atomic E-state index is -1.08. The van der Waals surface area contributed by atoms with E-state index in [1.165, 1.54) is 12.1 Å². The maximum atomic E-state index is 12.0. The van der Waals surface area contributed by atoms with Crippen molar-refractivity contribution in [3.8, 4) is 0 Å². The van der Waals surface area contributed by atoms with Crippen molar-refractivity contribution in [2.75, 3.05) is 5.32 Å². The van der Waals surface area contributed by atoms with Gasteiger partial charge in [-0.2, -0.15) is 0 Å². The first-order valence-electron chi connectivity index (χ1n) is 5.66. The molecule has 0 spiro atoms. The maximum Gasteiger partial charge on any atom is 0.335 e. The van der Waals surface area contributed by atoms with Crippen LogP contribution in [0.3, 0.4) is 0 Å². The first kappa shape index (κ1) is 14.3. The van der Waals surface area contributed by atoms with Gasteiger partial charge in [-0.3, -0.25) is 4.79 Å². The molecule has 0 aliphatic carbocycles. The van der Waals surface area contributed by atoms with Crippen LogP contribution in [-0.4, -0.2) is 22.0 Å². The van der Waals surface area contributed by atoms with Crippen LogP contribution in [0, 0.1) is 13.8 Å². The van der Waals surface area contributed by atoms with E-state index in [1.54, 1.807) is 19.9 Å². The molecule has 7 heteroatoms. The summed E-state index contributed by atoms with van der Waals surface area (Å²) in [4.78, 5) is 27.0. The number of aromatic nitrogens is 1. The lowest BCUT2D eigenvalue weighted by molar-refractivity contribution is 0.0696. The number of benzene rings is 1. The lowest BCUT2D eigenvalue weighted by atomic mass is 10.2. The number of nitrogens with zero attached hydrogens (tertiary/aromatic N) is 1. The molecule has 0 radical (unpaired) electrons. The fourth-order valence-electron chi connectivity index (χ4n) is 1.72. The molecule has 1 amide bonds. The number of carbonyl (C=O) groups excluding carboxylic acids is 1.